The molecule has 0 aliphatic carbocycles. The predicted octanol–water partition coefficient (Wildman–Crippen LogP) is 3.21. The Morgan fingerprint density at radius 2 is 2.24 bits per heavy atom. The normalized spacial score (nSPS) is 17.6. The van der Waals surface area contributed by atoms with Crippen LogP contribution in [0.25, 0.3) is 10.9 Å². The van der Waals surface area contributed by atoms with E-state index in [4.69, 9.17) is 11.6 Å². The summed E-state index contributed by atoms with van der Waals surface area (Å²) in [6, 6.07) is 5.20. The number of nitrogens with one attached hydrogen (secondary N) is 2. The van der Waals surface area contributed by atoms with Crippen molar-refractivity contribution in [3.05, 3.63) is 39.4 Å². The molecule has 7 heteroatoms. The average molecular weight is 385 g/mol. The highest BCUT2D eigenvalue weighted by Gasteiger charge is 2.17. The molecular formula is C18H26Cl2N4O. The second kappa shape index (κ2) is 9.53. The molecule has 1 aromatic heterocycles. The molecule has 1 unspecified atom stereocenters. The number of hydrogen-bond acceptors (Lipinski definition) is 4. The topological polar surface area (TPSA) is 61.0 Å². The predicted molar refractivity (Wildman–Crippen MR) is 106 cm³/mol. The molecule has 1 fully saturated rings. The van der Waals surface area contributed by atoms with Gasteiger partial charge < -0.3 is 10.3 Å². The van der Waals surface area contributed by atoms with Gasteiger partial charge in [0.15, 0.2) is 0 Å². The number of H-pyrrole nitrogens is 1. The average Bonchev–Trinajstić information content (AvgIpc) is 2.55. The Balaban J connectivity index is 0.00000225. The minimum atomic E-state index is -0.0950. The lowest BCUT2D eigenvalue weighted by Gasteiger charge is -2.29. The molecule has 0 amide bonds. The lowest BCUT2D eigenvalue weighted by atomic mass is 9.99. The molecule has 0 radical (unpaired) electrons. The van der Waals surface area contributed by atoms with Crippen LogP contribution < -0.4 is 10.9 Å². The van der Waals surface area contributed by atoms with Gasteiger partial charge in [-0.2, -0.15) is 0 Å². The Morgan fingerprint density at radius 1 is 1.40 bits per heavy atom. The van der Waals surface area contributed by atoms with Gasteiger partial charge in [0.2, 0.25) is 0 Å². The zero-order valence-electron chi connectivity index (χ0n) is 14.6. The van der Waals surface area contributed by atoms with Crippen LogP contribution >= 0.6 is 24.0 Å². The molecule has 3 rings (SSSR count). The van der Waals surface area contributed by atoms with E-state index in [-0.39, 0.29) is 18.0 Å². The van der Waals surface area contributed by atoms with Gasteiger partial charge >= 0.3 is 0 Å². The Kier molecular flexibility index (Phi) is 7.69. The number of piperidine rings is 1. The first-order chi connectivity index (χ1) is 11.7. The van der Waals surface area contributed by atoms with Crippen LogP contribution in [0.5, 0.6) is 0 Å². The Labute approximate surface area is 159 Å². The highest BCUT2D eigenvalue weighted by atomic mass is 35.5. The number of halogens is 2. The Morgan fingerprint density at radius 3 is 2.96 bits per heavy atom. The summed E-state index contributed by atoms with van der Waals surface area (Å²) >= 11 is 6.04. The molecule has 0 saturated carbocycles. The first kappa shape index (κ1) is 20.2. The summed E-state index contributed by atoms with van der Waals surface area (Å²) in [5, 5.41) is 4.66. The van der Waals surface area contributed by atoms with Crippen LogP contribution in [0.3, 0.4) is 0 Å². The molecule has 0 bridgehead atoms. The van der Waals surface area contributed by atoms with E-state index in [1.54, 1.807) is 18.2 Å². The molecule has 1 aliphatic rings. The van der Waals surface area contributed by atoms with Gasteiger partial charge in [-0.25, -0.2) is 4.98 Å². The number of aromatic amines is 1. The van der Waals surface area contributed by atoms with Gasteiger partial charge in [-0.1, -0.05) is 18.5 Å². The Bertz CT molecular complexity index is 743. The van der Waals surface area contributed by atoms with Crippen LogP contribution in [0, 0.1) is 5.92 Å². The molecule has 1 aromatic carbocycles. The summed E-state index contributed by atoms with van der Waals surface area (Å²) in [5.41, 5.74) is 0.569. The fourth-order valence-corrected chi connectivity index (χ4v) is 3.61. The third-order valence-corrected chi connectivity index (χ3v) is 4.78. The van der Waals surface area contributed by atoms with E-state index < -0.39 is 0 Å². The van der Waals surface area contributed by atoms with Gasteiger partial charge in [0, 0.05) is 11.6 Å². The number of rotatable bonds is 6. The van der Waals surface area contributed by atoms with E-state index >= 15 is 0 Å². The molecule has 5 nitrogen and oxygen atoms in total. The third-order valence-electron chi connectivity index (χ3n) is 4.55. The van der Waals surface area contributed by atoms with E-state index in [0.717, 1.165) is 32.6 Å². The van der Waals surface area contributed by atoms with E-state index in [2.05, 4.69) is 27.1 Å². The van der Waals surface area contributed by atoms with Crippen molar-refractivity contribution in [1.29, 1.82) is 0 Å². The monoisotopic (exact) mass is 384 g/mol. The number of hydrogen-bond donors (Lipinski definition) is 2. The second-order valence-corrected chi connectivity index (χ2v) is 7.06. The molecule has 1 saturated heterocycles. The maximum atomic E-state index is 12.3. The van der Waals surface area contributed by atoms with Crippen molar-refractivity contribution in [2.45, 2.75) is 32.7 Å². The number of benzene rings is 1. The van der Waals surface area contributed by atoms with Crippen LogP contribution in [-0.2, 0) is 6.54 Å². The first-order valence-corrected chi connectivity index (χ1v) is 9.15. The van der Waals surface area contributed by atoms with Crippen molar-refractivity contribution in [2.24, 2.45) is 5.92 Å². The molecular weight excluding hydrogens is 359 g/mol. The van der Waals surface area contributed by atoms with Crippen molar-refractivity contribution in [2.75, 3.05) is 26.2 Å². The SMILES string of the molecule is CCCN(Cc1nc2cc(Cl)ccc2c(=O)[nH]1)CC1CCCNC1.Cl. The van der Waals surface area contributed by atoms with Gasteiger partial charge in [-0.3, -0.25) is 9.69 Å². The number of fused-ring (bicyclic) bond motifs is 1. The molecule has 0 spiro atoms. The minimum absolute atomic E-state index is 0. The summed E-state index contributed by atoms with van der Waals surface area (Å²) in [4.78, 5) is 22.2. The molecule has 1 atom stereocenters. The lowest BCUT2D eigenvalue weighted by molar-refractivity contribution is 0.197. The molecule has 2 heterocycles. The summed E-state index contributed by atoms with van der Waals surface area (Å²) in [5.74, 6) is 1.39. The summed E-state index contributed by atoms with van der Waals surface area (Å²) < 4.78 is 0. The van der Waals surface area contributed by atoms with E-state index in [1.807, 2.05) is 0 Å². The quantitative estimate of drug-likeness (QED) is 0.802. The van der Waals surface area contributed by atoms with Gasteiger partial charge in [-0.15, -0.1) is 12.4 Å². The highest BCUT2D eigenvalue weighted by Crippen LogP contribution is 2.16. The number of nitrogens with zero attached hydrogens (tertiary/aromatic N) is 2. The van der Waals surface area contributed by atoms with Crippen molar-refractivity contribution < 1.29 is 0 Å². The van der Waals surface area contributed by atoms with Gasteiger partial charge in [0.25, 0.3) is 5.56 Å². The zero-order valence-corrected chi connectivity index (χ0v) is 16.1. The van der Waals surface area contributed by atoms with Crippen molar-refractivity contribution in [3.63, 3.8) is 0 Å². The molecule has 2 N–H and O–H groups in total. The van der Waals surface area contributed by atoms with Crippen LogP contribution in [0.1, 0.15) is 32.0 Å². The van der Waals surface area contributed by atoms with E-state index in [9.17, 15) is 4.79 Å². The van der Waals surface area contributed by atoms with Crippen molar-refractivity contribution >= 4 is 34.9 Å². The minimum Gasteiger partial charge on any atom is -0.316 e. The zero-order chi connectivity index (χ0) is 16.9. The largest absolute Gasteiger partial charge is 0.316 e. The second-order valence-electron chi connectivity index (χ2n) is 6.62. The smallest absolute Gasteiger partial charge is 0.258 e. The van der Waals surface area contributed by atoms with Gasteiger partial charge in [0.05, 0.1) is 17.4 Å². The third kappa shape index (κ3) is 5.42. The highest BCUT2D eigenvalue weighted by molar-refractivity contribution is 6.31. The van der Waals surface area contributed by atoms with Gasteiger partial charge in [0.1, 0.15) is 5.82 Å². The van der Waals surface area contributed by atoms with E-state index in [0.29, 0.717) is 34.2 Å². The van der Waals surface area contributed by atoms with Crippen LogP contribution in [0.15, 0.2) is 23.0 Å². The molecule has 25 heavy (non-hydrogen) atoms. The molecule has 2 aromatic rings. The fraction of sp³-hybridized carbons (Fsp3) is 0.556. The lowest BCUT2D eigenvalue weighted by Crippen LogP contribution is -2.38. The first-order valence-electron chi connectivity index (χ1n) is 8.77. The van der Waals surface area contributed by atoms with Crippen molar-refractivity contribution in [1.82, 2.24) is 20.2 Å². The van der Waals surface area contributed by atoms with Crippen molar-refractivity contribution in [3.8, 4) is 0 Å². The molecule has 1 aliphatic heterocycles. The maximum absolute atomic E-state index is 12.3. The van der Waals surface area contributed by atoms with Crippen LogP contribution in [0.4, 0.5) is 0 Å². The maximum Gasteiger partial charge on any atom is 0.258 e. The Hall–Kier alpha value is -1.14. The molecule has 138 valence electrons. The van der Waals surface area contributed by atoms with Crippen LogP contribution in [0.2, 0.25) is 5.02 Å². The fourth-order valence-electron chi connectivity index (χ4n) is 3.44. The summed E-state index contributed by atoms with van der Waals surface area (Å²) in [6.07, 6.45) is 3.60. The van der Waals surface area contributed by atoms with Gasteiger partial charge in [-0.05, 0) is 63.0 Å². The standard InChI is InChI=1S/C18H25ClN4O.ClH/c1-2-8-23(11-13-4-3-7-20-10-13)12-17-21-16-9-14(19)5-6-15(16)18(24)22-17;/h5-6,9,13,20H,2-4,7-8,10-12H2,1H3,(H,21,22,24);1H. The van der Waals surface area contributed by atoms with E-state index in [1.165, 1.54) is 12.8 Å². The summed E-state index contributed by atoms with van der Waals surface area (Å²) in [6.45, 7) is 7.11. The van der Waals surface area contributed by atoms with Crippen LogP contribution in [-0.4, -0.2) is 41.0 Å². The number of aromatic nitrogens is 2. The summed E-state index contributed by atoms with van der Waals surface area (Å²) in [7, 11) is 0.